The Hall–Kier alpha value is -3.90. The molecule has 1 fully saturated rings. The van der Waals surface area contributed by atoms with Gasteiger partial charge in [-0.1, -0.05) is 54.1 Å². The molecule has 0 N–H and O–H groups in total. The number of rotatable bonds is 9. The molecular weight excluding hydrogens is 612 g/mol. The summed E-state index contributed by atoms with van der Waals surface area (Å²) in [4.78, 5) is 33.2. The van der Waals surface area contributed by atoms with E-state index in [0.29, 0.717) is 17.9 Å². The Morgan fingerprint density at radius 3 is 2.16 bits per heavy atom. The number of piperazine rings is 1. The Labute approximate surface area is 269 Å². The number of sulfonamides is 1. The van der Waals surface area contributed by atoms with Crippen molar-refractivity contribution in [2.45, 2.75) is 24.9 Å². The smallest absolute Gasteiger partial charge is 0.296 e. The Morgan fingerprint density at radius 2 is 1.51 bits per heavy atom. The van der Waals surface area contributed by atoms with Crippen LogP contribution in [0.25, 0.3) is 5.69 Å². The summed E-state index contributed by atoms with van der Waals surface area (Å²) >= 11 is 6.43. The molecule has 10 nitrogen and oxygen atoms in total. The maximum Gasteiger partial charge on any atom is 0.296 e. The lowest BCUT2D eigenvalue weighted by Crippen LogP contribution is -2.43. The fourth-order valence-corrected chi connectivity index (χ4v) is 7.06. The fourth-order valence-electron chi connectivity index (χ4n) is 5.59. The van der Waals surface area contributed by atoms with Crippen LogP contribution in [0.15, 0.2) is 82.5 Å². The Morgan fingerprint density at radius 1 is 0.889 bits per heavy atom. The Bertz CT molecular complexity index is 1850. The number of para-hydroxylation sites is 1. The summed E-state index contributed by atoms with van der Waals surface area (Å²) in [6.45, 7) is 7.10. The molecule has 0 radical (unpaired) electrons. The highest BCUT2D eigenvalue weighted by molar-refractivity contribution is 7.92. The predicted molar refractivity (Wildman–Crippen MR) is 178 cm³/mol. The van der Waals surface area contributed by atoms with E-state index in [4.69, 9.17) is 11.6 Å². The van der Waals surface area contributed by atoms with Crippen molar-refractivity contribution in [2.24, 2.45) is 7.05 Å². The second-order valence-electron chi connectivity index (χ2n) is 11.6. The lowest BCUT2D eigenvalue weighted by Gasteiger charge is -2.32. The third-order valence-corrected chi connectivity index (χ3v) is 10.5. The summed E-state index contributed by atoms with van der Waals surface area (Å²) in [6.07, 6.45) is 0. The minimum atomic E-state index is -4.23. The number of carbonyl (C=O) groups is 1. The van der Waals surface area contributed by atoms with Crippen LogP contribution in [-0.2, 0) is 30.2 Å². The number of aromatic nitrogens is 2. The standard InChI is InChI=1S/C33H39ClN6O4S/c1-24-31(33(42)40(37(24)4)27-9-7-6-8-10-27)38(5)45(43,44)28-15-16-30(34)29(21-28)32(41)36(3)22-25-11-13-26(14-12-25)23-39-19-17-35(2)18-20-39/h6-16,21H,17-20,22-23H2,1-5H3. The number of benzene rings is 3. The van der Waals surface area contributed by atoms with E-state index < -0.39 is 21.5 Å². The Kier molecular flexibility index (Phi) is 9.54. The van der Waals surface area contributed by atoms with Gasteiger partial charge in [-0.25, -0.2) is 13.1 Å². The molecule has 45 heavy (non-hydrogen) atoms. The monoisotopic (exact) mass is 650 g/mol. The molecule has 12 heteroatoms. The summed E-state index contributed by atoms with van der Waals surface area (Å²) < 4.78 is 31.7. The molecule has 1 saturated heterocycles. The average molecular weight is 651 g/mol. The van der Waals surface area contributed by atoms with Crippen LogP contribution in [0.4, 0.5) is 5.69 Å². The van der Waals surface area contributed by atoms with E-state index in [1.54, 1.807) is 50.0 Å². The molecule has 1 aliphatic heterocycles. The molecule has 5 rings (SSSR count). The van der Waals surface area contributed by atoms with E-state index in [1.807, 2.05) is 18.2 Å². The number of hydrogen-bond acceptors (Lipinski definition) is 6. The largest absolute Gasteiger partial charge is 0.337 e. The number of hydrogen-bond donors (Lipinski definition) is 0. The molecule has 2 heterocycles. The molecule has 1 aromatic heterocycles. The highest BCUT2D eigenvalue weighted by atomic mass is 35.5. The first-order chi connectivity index (χ1) is 21.4. The molecule has 0 spiro atoms. The van der Waals surface area contributed by atoms with Crippen LogP contribution in [-0.4, -0.2) is 85.7 Å². The van der Waals surface area contributed by atoms with E-state index >= 15 is 0 Å². The summed E-state index contributed by atoms with van der Waals surface area (Å²) in [5, 5.41) is 0.137. The zero-order chi connectivity index (χ0) is 32.5. The molecule has 0 atom stereocenters. The third kappa shape index (κ3) is 6.72. The van der Waals surface area contributed by atoms with Crippen LogP contribution in [0.3, 0.4) is 0 Å². The van der Waals surface area contributed by atoms with Crippen molar-refractivity contribution >= 4 is 33.2 Å². The number of anilines is 1. The molecule has 238 valence electrons. The van der Waals surface area contributed by atoms with Gasteiger partial charge in [-0.3, -0.25) is 23.5 Å². The van der Waals surface area contributed by atoms with Gasteiger partial charge in [-0.05, 0) is 55.4 Å². The summed E-state index contributed by atoms with van der Waals surface area (Å²) in [5.74, 6) is -0.413. The number of carbonyl (C=O) groups excluding carboxylic acids is 1. The topological polar surface area (TPSA) is 91.1 Å². The molecule has 1 aliphatic rings. The molecule has 4 aromatic rings. The fraction of sp³-hybridized carbons (Fsp3) is 0.333. The van der Waals surface area contributed by atoms with Crippen molar-refractivity contribution in [1.82, 2.24) is 24.1 Å². The zero-order valence-corrected chi connectivity index (χ0v) is 27.8. The van der Waals surface area contributed by atoms with E-state index in [-0.39, 0.29) is 21.2 Å². The predicted octanol–water partition coefficient (Wildman–Crippen LogP) is 3.98. The third-order valence-electron chi connectivity index (χ3n) is 8.46. The molecule has 0 aliphatic carbocycles. The van der Waals surface area contributed by atoms with E-state index in [0.717, 1.165) is 42.6 Å². The van der Waals surface area contributed by atoms with Gasteiger partial charge in [0, 0.05) is 60.4 Å². The molecule has 0 bridgehead atoms. The van der Waals surface area contributed by atoms with Crippen LogP contribution in [0.1, 0.15) is 27.2 Å². The maximum absolute atomic E-state index is 13.8. The number of halogens is 1. The van der Waals surface area contributed by atoms with E-state index in [1.165, 1.54) is 40.4 Å². The quantitative estimate of drug-likeness (QED) is 0.272. The van der Waals surface area contributed by atoms with E-state index in [9.17, 15) is 18.0 Å². The molecule has 1 amide bonds. The second kappa shape index (κ2) is 13.2. The van der Waals surface area contributed by atoms with Gasteiger partial charge in [0.2, 0.25) is 0 Å². The van der Waals surface area contributed by atoms with E-state index in [2.05, 4.69) is 29.0 Å². The number of amides is 1. The van der Waals surface area contributed by atoms with Crippen LogP contribution < -0.4 is 9.86 Å². The SMILES string of the molecule is Cc1c(N(C)S(=O)(=O)c2ccc(Cl)c(C(=O)N(C)Cc3ccc(CN4CCN(C)CC4)cc3)c2)c(=O)n(-c2ccccc2)n1C. The summed E-state index contributed by atoms with van der Waals surface area (Å²) in [5.41, 5.74) is 2.83. The lowest BCUT2D eigenvalue weighted by molar-refractivity contribution is 0.0785. The van der Waals surface area contributed by atoms with Crippen molar-refractivity contribution in [3.63, 3.8) is 0 Å². The normalized spacial score (nSPS) is 14.4. The van der Waals surface area contributed by atoms with Gasteiger partial charge in [0.15, 0.2) is 0 Å². The first-order valence-corrected chi connectivity index (χ1v) is 16.6. The van der Waals surface area contributed by atoms with Gasteiger partial charge in [0.05, 0.1) is 26.9 Å². The van der Waals surface area contributed by atoms with Crippen molar-refractivity contribution in [1.29, 1.82) is 0 Å². The van der Waals surface area contributed by atoms with Gasteiger partial charge in [-0.2, -0.15) is 0 Å². The van der Waals surface area contributed by atoms with Crippen LogP contribution in [0.5, 0.6) is 0 Å². The average Bonchev–Trinajstić information content (AvgIpc) is 3.25. The minimum Gasteiger partial charge on any atom is -0.337 e. The maximum atomic E-state index is 13.8. The molecule has 3 aromatic carbocycles. The highest BCUT2D eigenvalue weighted by Crippen LogP contribution is 2.28. The first-order valence-electron chi connectivity index (χ1n) is 14.7. The van der Waals surface area contributed by atoms with Crippen molar-refractivity contribution in [3.05, 3.63) is 111 Å². The Balaban J connectivity index is 1.34. The van der Waals surface area contributed by atoms with Gasteiger partial charge >= 0.3 is 0 Å². The number of nitrogens with zero attached hydrogens (tertiary/aromatic N) is 6. The van der Waals surface area contributed by atoms with Crippen LogP contribution in [0.2, 0.25) is 5.02 Å². The first kappa shape index (κ1) is 32.5. The van der Waals surface area contributed by atoms with Crippen LogP contribution in [0, 0.1) is 6.92 Å². The summed E-state index contributed by atoms with van der Waals surface area (Å²) in [6, 6.07) is 21.2. The van der Waals surface area contributed by atoms with Crippen LogP contribution >= 0.6 is 11.6 Å². The molecule has 0 unspecified atom stereocenters. The summed E-state index contributed by atoms with van der Waals surface area (Å²) in [7, 11) is 2.60. The minimum absolute atomic E-state index is 0.0115. The molecular formula is C33H39ClN6O4S. The van der Waals surface area contributed by atoms with Crippen molar-refractivity contribution < 1.29 is 13.2 Å². The highest BCUT2D eigenvalue weighted by Gasteiger charge is 2.30. The van der Waals surface area contributed by atoms with Crippen molar-refractivity contribution in [2.75, 3.05) is 51.6 Å². The van der Waals surface area contributed by atoms with Crippen molar-refractivity contribution in [3.8, 4) is 5.69 Å². The lowest BCUT2D eigenvalue weighted by atomic mass is 10.1. The van der Waals surface area contributed by atoms with Gasteiger partial charge in [-0.15, -0.1) is 0 Å². The van der Waals surface area contributed by atoms with Gasteiger partial charge in [0.25, 0.3) is 21.5 Å². The van der Waals surface area contributed by atoms with Gasteiger partial charge in [0.1, 0.15) is 5.69 Å². The zero-order valence-electron chi connectivity index (χ0n) is 26.3. The van der Waals surface area contributed by atoms with Gasteiger partial charge < -0.3 is 9.80 Å². The molecule has 0 saturated carbocycles. The second-order valence-corrected chi connectivity index (χ2v) is 14.0. The number of likely N-dealkylation sites (N-methyl/N-ethyl adjacent to an activating group) is 1.